The maximum Gasteiger partial charge on any atom is 0.232 e. The highest BCUT2D eigenvalue weighted by molar-refractivity contribution is 9.10. The van der Waals surface area contributed by atoms with E-state index < -0.39 is 0 Å². The Balaban J connectivity index is 1.56. The molecule has 4 nitrogen and oxygen atoms in total. The van der Waals surface area contributed by atoms with E-state index in [-0.39, 0.29) is 12.7 Å². The number of hydrogen-bond acceptors (Lipinski definition) is 4. The number of aryl methyl sites for hydroxylation is 1. The Morgan fingerprint density at radius 2 is 2.00 bits per heavy atom. The van der Waals surface area contributed by atoms with Gasteiger partial charge in [0.2, 0.25) is 12.7 Å². The van der Waals surface area contributed by atoms with Gasteiger partial charge in [-0.2, -0.15) is 0 Å². The van der Waals surface area contributed by atoms with Crippen LogP contribution in [-0.4, -0.2) is 30.4 Å². The van der Waals surface area contributed by atoms with Gasteiger partial charge in [-0.05, 0) is 48.4 Å². The van der Waals surface area contributed by atoms with Gasteiger partial charge in [-0.1, -0.05) is 22.0 Å². The van der Waals surface area contributed by atoms with E-state index in [9.17, 15) is 4.79 Å². The van der Waals surface area contributed by atoms with Gasteiger partial charge in [0.15, 0.2) is 11.5 Å². The Labute approximate surface area is 154 Å². The summed E-state index contributed by atoms with van der Waals surface area (Å²) in [7, 11) is 1.82. The SMILES string of the molecule is Cc1cc(Br)ccc1SCC(=O)N(C)Cc1ccc2c(c1)OCO2. The van der Waals surface area contributed by atoms with Crippen molar-refractivity contribution in [1.29, 1.82) is 0 Å². The van der Waals surface area contributed by atoms with Crippen LogP contribution >= 0.6 is 27.7 Å². The van der Waals surface area contributed by atoms with E-state index in [1.54, 1.807) is 16.7 Å². The smallest absolute Gasteiger partial charge is 0.232 e. The van der Waals surface area contributed by atoms with Crippen molar-refractivity contribution >= 4 is 33.6 Å². The zero-order valence-corrected chi connectivity index (χ0v) is 15.9. The molecule has 0 spiro atoms. The summed E-state index contributed by atoms with van der Waals surface area (Å²) in [5, 5.41) is 0. The van der Waals surface area contributed by atoms with Gasteiger partial charge in [0.1, 0.15) is 0 Å². The molecule has 2 aromatic carbocycles. The lowest BCUT2D eigenvalue weighted by atomic mass is 10.2. The fourth-order valence-corrected chi connectivity index (χ4v) is 3.85. The predicted molar refractivity (Wildman–Crippen MR) is 98.6 cm³/mol. The number of halogens is 1. The molecule has 1 amide bonds. The average Bonchev–Trinajstić information content (AvgIpc) is 3.01. The summed E-state index contributed by atoms with van der Waals surface area (Å²) < 4.78 is 11.7. The number of nitrogens with zero attached hydrogens (tertiary/aromatic N) is 1. The molecule has 0 aromatic heterocycles. The minimum Gasteiger partial charge on any atom is -0.454 e. The van der Waals surface area contributed by atoms with E-state index in [4.69, 9.17) is 9.47 Å². The van der Waals surface area contributed by atoms with Gasteiger partial charge >= 0.3 is 0 Å². The number of rotatable bonds is 5. The van der Waals surface area contributed by atoms with E-state index >= 15 is 0 Å². The summed E-state index contributed by atoms with van der Waals surface area (Å²) in [6.07, 6.45) is 0. The molecule has 0 aliphatic carbocycles. The van der Waals surface area contributed by atoms with Gasteiger partial charge in [0.25, 0.3) is 0 Å². The van der Waals surface area contributed by atoms with Gasteiger partial charge < -0.3 is 14.4 Å². The third-order valence-corrected chi connectivity index (χ3v) is 5.42. The topological polar surface area (TPSA) is 38.8 Å². The largest absolute Gasteiger partial charge is 0.454 e. The molecule has 0 unspecified atom stereocenters. The molecule has 24 heavy (non-hydrogen) atoms. The van der Waals surface area contributed by atoms with E-state index in [1.807, 2.05) is 44.3 Å². The number of benzene rings is 2. The number of thioether (sulfide) groups is 1. The molecule has 0 saturated heterocycles. The fraction of sp³-hybridized carbons (Fsp3) is 0.278. The van der Waals surface area contributed by atoms with Crippen LogP contribution < -0.4 is 9.47 Å². The molecule has 0 atom stereocenters. The van der Waals surface area contributed by atoms with Crippen LogP contribution in [-0.2, 0) is 11.3 Å². The first-order chi connectivity index (χ1) is 11.5. The normalized spacial score (nSPS) is 12.3. The molecule has 0 saturated carbocycles. The summed E-state index contributed by atoms with van der Waals surface area (Å²) >= 11 is 5.02. The van der Waals surface area contributed by atoms with Gasteiger partial charge in [-0.15, -0.1) is 11.8 Å². The molecule has 1 aliphatic heterocycles. The molecule has 1 aliphatic rings. The lowest BCUT2D eigenvalue weighted by Gasteiger charge is -2.17. The van der Waals surface area contributed by atoms with Crippen molar-refractivity contribution in [1.82, 2.24) is 4.90 Å². The van der Waals surface area contributed by atoms with Crippen LogP contribution in [0.3, 0.4) is 0 Å². The Hall–Kier alpha value is -1.66. The van der Waals surface area contributed by atoms with Crippen LogP contribution in [0.2, 0.25) is 0 Å². The number of carbonyl (C=O) groups is 1. The molecule has 0 bridgehead atoms. The molecule has 6 heteroatoms. The zero-order chi connectivity index (χ0) is 17.1. The molecule has 0 N–H and O–H groups in total. The van der Waals surface area contributed by atoms with Gasteiger partial charge in [0.05, 0.1) is 5.75 Å². The van der Waals surface area contributed by atoms with Gasteiger partial charge in [-0.3, -0.25) is 4.79 Å². The van der Waals surface area contributed by atoms with Crippen LogP contribution in [0.15, 0.2) is 45.8 Å². The second kappa shape index (κ2) is 7.49. The molecular weight excluding hydrogens is 390 g/mol. The third kappa shape index (κ3) is 4.05. The van der Waals surface area contributed by atoms with Crippen LogP contribution in [0.1, 0.15) is 11.1 Å². The molecule has 1 heterocycles. The summed E-state index contributed by atoms with van der Waals surface area (Å²) in [5.41, 5.74) is 2.19. The molecule has 2 aromatic rings. The Morgan fingerprint density at radius 3 is 2.79 bits per heavy atom. The minimum atomic E-state index is 0.0972. The Morgan fingerprint density at radius 1 is 1.21 bits per heavy atom. The summed E-state index contributed by atoms with van der Waals surface area (Å²) in [6, 6.07) is 11.9. The summed E-state index contributed by atoms with van der Waals surface area (Å²) in [6.45, 7) is 2.86. The van der Waals surface area contributed by atoms with Crippen molar-refractivity contribution in [2.24, 2.45) is 0 Å². The highest BCUT2D eigenvalue weighted by Gasteiger charge is 2.15. The lowest BCUT2D eigenvalue weighted by Crippen LogP contribution is -2.27. The van der Waals surface area contributed by atoms with Crippen LogP contribution in [0.5, 0.6) is 11.5 Å². The maximum atomic E-state index is 12.4. The number of hydrogen-bond donors (Lipinski definition) is 0. The predicted octanol–water partition coefficient (Wildman–Crippen LogP) is 4.24. The first-order valence-corrected chi connectivity index (χ1v) is 9.32. The molecule has 3 rings (SSSR count). The summed E-state index contributed by atoms with van der Waals surface area (Å²) in [4.78, 5) is 15.2. The van der Waals surface area contributed by atoms with E-state index in [1.165, 1.54) is 5.56 Å². The number of carbonyl (C=O) groups excluding carboxylic acids is 1. The molecule has 0 fully saturated rings. The van der Waals surface area contributed by atoms with Crippen LogP contribution in [0, 0.1) is 6.92 Å². The summed E-state index contributed by atoms with van der Waals surface area (Å²) in [5.74, 6) is 2.02. The van der Waals surface area contributed by atoms with Crippen molar-refractivity contribution in [2.75, 3.05) is 19.6 Å². The van der Waals surface area contributed by atoms with Crippen LogP contribution in [0.4, 0.5) is 0 Å². The van der Waals surface area contributed by atoms with Gasteiger partial charge in [-0.25, -0.2) is 0 Å². The molecule has 0 radical (unpaired) electrons. The van der Waals surface area contributed by atoms with E-state index in [2.05, 4.69) is 22.0 Å². The average molecular weight is 408 g/mol. The monoisotopic (exact) mass is 407 g/mol. The van der Waals surface area contributed by atoms with Crippen molar-refractivity contribution in [2.45, 2.75) is 18.4 Å². The number of ether oxygens (including phenoxy) is 2. The lowest BCUT2D eigenvalue weighted by molar-refractivity contribution is -0.127. The van der Waals surface area contributed by atoms with Crippen molar-refractivity contribution in [3.8, 4) is 11.5 Å². The molecule has 126 valence electrons. The van der Waals surface area contributed by atoms with E-state index in [0.29, 0.717) is 12.3 Å². The molecular formula is C18H18BrNO3S. The Bertz CT molecular complexity index is 766. The Kier molecular flexibility index (Phi) is 5.36. The highest BCUT2D eigenvalue weighted by Crippen LogP contribution is 2.33. The highest BCUT2D eigenvalue weighted by atomic mass is 79.9. The number of fused-ring (bicyclic) bond motifs is 1. The third-order valence-electron chi connectivity index (χ3n) is 3.77. The zero-order valence-electron chi connectivity index (χ0n) is 13.5. The maximum absolute atomic E-state index is 12.4. The second-order valence-electron chi connectivity index (χ2n) is 5.64. The minimum absolute atomic E-state index is 0.0972. The van der Waals surface area contributed by atoms with E-state index in [0.717, 1.165) is 26.4 Å². The van der Waals surface area contributed by atoms with Gasteiger partial charge in [0, 0.05) is 23.0 Å². The standard InChI is InChI=1S/C18H18BrNO3S/c1-12-7-14(19)4-6-17(12)24-10-18(21)20(2)9-13-3-5-15-16(8-13)23-11-22-15/h3-8H,9-11H2,1-2H3. The first-order valence-electron chi connectivity index (χ1n) is 7.54. The van der Waals surface area contributed by atoms with Crippen molar-refractivity contribution in [3.63, 3.8) is 0 Å². The first kappa shape index (κ1) is 17.2. The fourth-order valence-electron chi connectivity index (χ4n) is 2.43. The number of amides is 1. The van der Waals surface area contributed by atoms with Crippen LogP contribution in [0.25, 0.3) is 0 Å². The van der Waals surface area contributed by atoms with Crippen molar-refractivity contribution < 1.29 is 14.3 Å². The van der Waals surface area contributed by atoms with Crippen molar-refractivity contribution in [3.05, 3.63) is 52.0 Å². The second-order valence-corrected chi connectivity index (χ2v) is 7.57. The quantitative estimate of drug-likeness (QED) is 0.694.